The van der Waals surface area contributed by atoms with Gasteiger partial charge in [-0.05, 0) is 48.7 Å². The molecule has 30 heavy (non-hydrogen) atoms. The van der Waals surface area contributed by atoms with Gasteiger partial charge in [-0.1, -0.05) is 36.4 Å². The molecule has 0 saturated heterocycles. The number of hydrogen-bond donors (Lipinski definition) is 3. The van der Waals surface area contributed by atoms with Crippen molar-refractivity contribution >= 4 is 24.3 Å². The Morgan fingerprint density at radius 1 is 0.967 bits per heavy atom. The number of amides is 1. The van der Waals surface area contributed by atoms with Gasteiger partial charge in [-0.25, -0.2) is 9.97 Å². The van der Waals surface area contributed by atoms with Crippen molar-refractivity contribution in [3.63, 3.8) is 0 Å². The molecule has 1 amide bonds. The predicted octanol–water partition coefficient (Wildman–Crippen LogP) is 4.53. The number of carbonyl (C=O) groups excluding carboxylic acids is 1. The van der Waals surface area contributed by atoms with Crippen LogP contribution in [0.3, 0.4) is 0 Å². The van der Waals surface area contributed by atoms with Gasteiger partial charge in [0.05, 0.1) is 17.1 Å². The Labute approximate surface area is 180 Å². The second kappa shape index (κ2) is 8.39. The monoisotopic (exact) mass is 419 g/mol. The molecule has 0 spiro atoms. The molecule has 0 fully saturated rings. The molecule has 6 nitrogen and oxygen atoms in total. The van der Waals surface area contributed by atoms with Gasteiger partial charge in [-0.15, -0.1) is 12.4 Å². The van der Waals surface area contributed by atoms with Crippen molar-refractivity contribution in [1.82, 2.24) is 15.0 Å². The predicted molar refractivity (Wildman–Crippen MR) is 122 cm³/mol. The minimum atomic E-state index is -0.471. The van der Waals surface area contributed by atoms with Crippen LogP contribution in [-0.2, 0) is 0 Å². The number of aromatic nitrogens is 3. The maximum absolute atomic E-state index is 12.1. The number of nitrogens with two attached hydrogens (primary N) is 2. The standard InChI is InChI=1S/C23H21N5O.ClH/c1-13-6-5-9-15(14(13)2)21-18(16-7-3-4-8-17(16)22(24)29)12-20(27-21)19-10-11-26-23(25)28-19;/h3-12,27H,1-2H3,(H2,24,29)(H2,25,26,28);1H. The quantitative estimate of drug-likeness (QED) is 0.451. The summed E-state index contributed by atoms with van der Waals surface area (Å²) >= 11 is 0. The van der Waals surface area contributed by atoms with E-state index in [-0.39, 0.29) is 18.4 Å². The fourth-order valence-electron chi connectivity index (χ4n) is 3.50. The zero-order valence-electron chi connectivity index (χ0n) is 16.6. The number of hydrogen-bond acceptors (Lipinski definition) is 4. The number of anilines is 1. The second-order valence-corrected chi connectivity index (χ2v) is 6.93. The van der Waals surface area contributed by atoms with Crippen molar-refractivity contribution in [2.75, 3.05) is 5.73 Å². The lowest BCUT2D eigenvalue weighted by Crippen LogP contribution is -2.12. The smallest absolute Gasteiger partial charge is 0.249 e. The minimum Gasteiger partial charge on any atom is -0.368 e. The van der Waals surface area contributed by atoms with Gasteiger partial charge in [0.25, 0.3) is 0 Å². The highest BCUT2D eigenvalue weighted by molar-refractivity contribution is 6.02. The van der Waals surface area contributed by atoms with Crippen LogP contribution in [0.4, 0.5) is 5.95 Å². The molecule has 7 heteroatoms. The van der Waals surface area contributed by atoms with Gasteiger partial charge in [0.2, 0.25) is 11.9 Å². The highest BCUT2D eigenvalue weighted by atomic mass is 35.5. The molecule has 0 aliphatic rings. The third-order valence-electron chi connectivity index (χ3n) is 5.12. The average molecular weight is 420 g/mol. The molecule has 0 unspecified atom stereocenters. The number of H-pyrrole nitrogens is 1. The van der Waals surface area contributed by atoms with Crippen molar-refractivity contribution in [1.29, 1.82) is 0 Å². The Hall–Kier alpha value is -3.64. The van der Waals surface area contributed by atoms with E-state index < -0.39 is 5.91 Å². The maximum atomic E-state index is 12.1. The number of halogens is 1. The summed E-state index contributed by atoms with van der Waals surface area (Å²) in [7, 11) is 0. The fraction of sp³-hybridized carbons (Fsp3) is 0.0870. The molecule has 2 heterocycles. The van der Waals surface area contributed by atoms with Gasteiger partial charge < -0.3 is 16.5 Å². The van der Waals surface area contributed by atoms with Crippen molar-refractivity contribution in [3.05, 3.63) is 77.5 Å². The maximum Gasteiger partial charge on any atom is 0.249 e. The zero-order chi connectivity index (χ0) is 20.5. The van der Waals surface area contributed by atoms with Crippen LogP contribution in [0.5, 0.6) is 0 Å². The summed E-state index contributed by atoms with van der Waals surface area (Å²) < 4.78 is 0. The summed E-state index contributed by atoms with van der Waals surface area (Å²) in [4.78, 5) is 23.8. The fourth-order valence-corrected chi connectivity index (χ4v) is 3.50. The van der Waals surface area contributed by atoms with E-state index in [9.17, 15) is 4.79 Å². The molecule has 0 atom stereocenters. The molecule has 0 bridgehead atoms. The largest absolute Gasteiger partial charge is 0.368 e. The first kappa shape index (κ1) is 21.1. The molecule has 5 N–H and O–H groups in total. The molecule has 4 aromatic rings. The summed E-state index contributed by atoms with van der Waals surface area (Å²) in [6, 6.07) is 17.2. The molecular formula is C23H22ClN5O. The Kier molecular flexibility index (Phi) is 5.89. The number of nitrogens with zero attached hydrogens (tertiary/aromatic N) is 2. The van der Waals surface area contributed by atoms with Crippen molar-refractivity contribution < 1.29 is 4.79 Å². The molecule has 0 radical (unpaired) electrons. The minimum absolute atomic E-state index is 0. The SMILES string of the molecule is Cc1cccc(-c2[nH]c(-c3ccnc(N)n3)cc2-c2ccccc2C(N)=O)c1C.Cl. The number of nitrogens with one attached hydrogen (secondary N) is 1. The Bertz CT molecular complexity index is 1230. The third kappa shape index (κ3) is 3.77. The highest BCUT2D eigenvalue weighted by Gasteiger charge is 2.19. The van der Waals surface area contributed by atoms with Crippen LogP contribution in [-0.4, -0.2) is 20.9 Å². The number of rotatable bonds is 4. The van der Waals surface area contributed by atoms with E-state index in [4.69, 9.17) is 11.5 Å². The summed E-state index contributed by atoms with van der Waals surface area (Å²) in [5.41, 5.74) is 19.3. The molecule has 2 aromatic heterocycles. The number of primary amides is 1. The zero-order valence-corrected chi connectivity index (χ0v) is 17.5. The van der Waals surface area contributed by atoms with Crippen LogP contribution in [0, 0.1) is 13.8 Å². The molecule has 152 valence electrons. The van der Waals surface area contributed by atoms with Gasteiger partial charge >= 0.3 is 0 Å². The lowest BCUT2D eigenvalue weighted by molar-refractivity contribution is 0.100. The highest BCUT2D eigenvalue weighted by Crippen LogP contribution is 2.38. The first-order valence-electron chi connectivity index (χ1n) is 9.23. The van der Waals surface area contributed by atoms with Crippen molar-refractivity contribution in [2.24, 2.45) is 5.73 Å². The van der Waals surface area contributed by atoms with E-state index in [2.05, 4.69) is 40.9 Å². The topological polar surface area (TPSA) is 111 Å². The van der Waals surface area contributed by atoms with E-state index in [1.54, 1.807) is 24.4 Å². The van der Waals surface area contributed by atoms with E-state index in [0.717, 1.165) is 33.6 Å². The normalized spacial score (nSPS) is 10.5. The van der Waals surface area contributed by atoms with E-state index in [1.807, 2.05) is 24.3 Å². The molecule has 0 aliphatic heterocycles. The van der Waals surface area contributed by atoms with E-state index in [1.165, 1.54) is 5.56 Å². The summed E-state index contributed by atoms with van der Waals surface area (Å²) in [5, 5.41) is 0. The lowest BCUT2D eigenvalue weighted by Gasteiger charge is -2.12. The second-order valence-electron chi connectivity index (χ2n) is 6.93. The van der Waals surface area contributed by atoms with Crippen LogP contribution in [0.1, 0.15) is 21.5 Å². The van der Waals surface area contributed by atoms with E-state index in [0.29, 0.717) is 11.3 Å². The van der Waals surface area contributed by atoms with Gasteiger partial charge in [0.15, 0.2) is 0 Å². The van der Waals surface area contributed by atoms with Gasteiger partial charge in [-0.3, -0.25) is 4.79 Å². The van der Waals surface area contributed by atoms with Gasteiger partial charge in [-0.2, -0.15) is 0 Å². The first-order chi connectivity index (χ1) is 14.0. The third-order valence-corrected chi connectivity index (χ3v) is 5.12. The lowest BCUT2D eigenvalue weighted by atomic mass is 9.93. The van der Waals surface area contributed by atoms with Crippen LogP contribution >= 0.6 is 12.4 Å². The molecule has 0 aliphatic carbocycles. The van der Waals surface area contributed by atoms with Crippen molar-refractivity contribution in [2.45, 2.75) is 13.8 Å². The summed E-state index contributed by atoms with van der Waals surface area (Å²) in [6.07, 6.45) is 1.62. The number of aromatic amines is 1. The Morgan fingerprint density at radius 3 is 2.43 bits per heavy atom. The van der Waals surface area contributed by atoms with Crippen LogP contribution in [0.2, 0.25) is 0 Å². The van der Waals surface area contributed by atoms with Crippen LogP contribution in [0.15, 0.2) is 60.8 Å². The summed E-state index contributed by atoms with van der Waals surface area (Å²) in [5.74, 6) is -0.272. The molecule has 4 rings (SSSR count). The number of nitrogen functional groups attached to an aromatic ring is 1. The molecular weight excluding hydrogens is 398 g/mol. The van der Waals surface area contributed by atoms with Gasteiger partial charge in [0, 0.05) is 22.9 Å². The first-order valence-corrected chi connectivity index (χ1v) is 9.23. The number of aryl methyl sites for hydroxylation is 1. The number of carbonyl (C=O) groups is 1. The average Bonchev–Trinajstić information content (AvgIpc) is 3.15. The number of benzene rings is 2. The van der Waals surface area contributed by atoms with Crippen LogP contribution < -0.4 is 11.5 Å². The summed E-state index contributed by atoms with van der Waals surface area (Å²) in [6.45, 7) is 4.16. The Balaban J connectivity index is 0.00000256. The molecule has 0 saturated carbocycles. The Morgan fingerprint density at radius 2 is 1.70 bits per heavy atom. The van der Waals surface area contributed by atoms with Crippen LogP contribution in [0.25, 0.3) is 33.8 Å². The van der Waals surface area contributed by atoms with E-state index >= 15 is 0 Å². The van der Waals surface area contributed by atoms with Crippen molar-refractivity contribution in [3.8, 4) is 33.8 Å². The molecule has 2 aromatic carbocycles. The van der Waals surface area contributed by atoms with Gasteiger partial charge in [0.1, 0.15) is 0 Å².